The molecule has 15 heavy (non-hydrogen) atoms. The summed E-state index contributed by atoms with van der Waals surface area (Å²) < 4.78 is 10.5. The fraction of sp³-hybridized carbons (Fsp3) is 0.300. The van der Waals surface area contributed by atoms with Crippen LogP contribution in [0.1, 0.15) is 6.92 Å². The Hall–Kier alpha value is -1.25. The van der Waals surface area contributed by atoms with Gasteiger partial charge in [0.15, 0.2) is 6.16 Å². The highest BCUT2D eigenvalue weighted by molar-refractivity contribution is 7.38. The fourth-order valence-corrected chi connectivity index (χ4v) is 1.74. The lowest BCUT2D eigenvalue weighted by Gasteiger charge is -2.06. The molecule has 2 unspecified atom stereocenters. The Bertz CT molecular complexity index is 353. The average Bonchev–Trinajstić information content (AvgIpc) is 2.18. The van der Waals surface area contributed by atoms with E-state index in [1.165, 1.54) is 0 Å². The van der Waals surface area contributed by atoms with Gasteiger partial charge in [0.2, 0.25) is 5.91 Å². The molecule has 80 valence electrons. The summed E-state index contributed by atoms with van der Waals surface area (Å²) in [6.45, 7) is 1.63. The van der Waals surface area contributed by atoms with Crippen LogP contribution in [-0.4, -0.2) is 17.0 Å². The van der Waals surface area contributed by atoms with E-state index in [0.717, 1.165) is 0 Å². The molecule has 0 aliphatic heterocycles. The minimum atomic E-state index is -2.26. The van der Waals surface area contributed by atoms with Gasteiger partial charge in [-0.15, -0.1) is 0 Å². The third-order valence-electron chi connectivity index (χ3n) is 1.92. The summed E-state index contributed by atoms with van der Waals surface area (Å²) in [5.41, 5.74) is 0.697. The van der Waals surface area contributed by atoms with E-state index in [1.807, 2.05) is 18.2 Å². The molecular weight excluding hydrogens is 213 g/mol. The van der Waals surface area contributed by atoms with Crippen molar-refractivity contribution in [1.82, 2.24) is 0 Å². The molecule has 1 rings (SSSR count). The van der Waals surface area contributed by atoms with Crippen molar-refractivity contribution in [2.24, 2.45) is 5.92 Å². The third kappa shape index (κ3) is 4.19. The number of anilines is 1. The standard InChI is InChI=1S/C10H12NO3P/c1-8(7-15(13)14)10(12)11-9-5-3-2-4-6-9/h2-6,8H,7H2,1H3,(H-,11,12,13,14)/p+1. The molecule has 0 fully saturated rings. The van der Waals surface area contributed by atoms with Crippen molar-refractivity contribution < 1.29 is 14.3 Å². The van der Waals surface area contributed by atoms with Crippen LogP contribution in [-0.2, 0) is 9.36 Å². The molecule has 0 radical (unpaired) electrons. The van der Waals surface area contributed by atoms with Crippen LogP contribution < -0.4 is 5.32 Å². The van der Waals surface area contributed by atoms with E-state index in [-0.39, 0.29) is 12.1 Å². The maximum absolute atomic E-state index is 11.5. The molecule has 0 saturated carbocycles. The molecule has 0 aromatic heterocycles. The molecule has 0 aliphatic rings. The smallest absolute Gasteiger partial charge is 0.326 e. The second-order valence-electron chi connectivity index (χ2n) is 3.29. The predicted octanol–water partition coefficient (Wildman–Crippen LogP) is 2.00. The van der Waals surface area contributed by atoms with Crippen LogP contribution in [0.2, 0.25) is 0 Å². The summed E-state index contributed by atoms with van der Waals surface area (Å²) in [4.78, 5) is 20.2. The molecule has 0 bridgehead atoms. The largest absolute Gasteiger partial charge is 0.506 e. The third-order valence-corrected chi connectivity index (χ3v) is 2.78. The van der Waals surface area contributed by atoms with Crippen molar-refractivity contribution in [1.29, 1.82) is 0 Å². The van der Waals surface area contributed by atoms with Crippen LogP contribution in [0.4, 0.5) is 5.69 Å². The molecule has 1 aromatic carbocycles. The first kappa shape index (κ1) is 11.8. The van der Waals surface area contributed by atoms with Gasteiger partial charge < -0.3 is 5.32 Å². The molecular formula is C10H13NO3P+. The van der Waals surface area contributed by atoms with Crippen molar-refractivity contribution in [2.75, 3.05) is 11.5 Å². The Morgan fingerprint density at radius 1 is 1.47 bits per heavy atom. The van der Waals surface area contributed by atoms with Crippen LogP contribution in [0.5, 0.6) is 0 Å². The summed E-state index contributed by atoms with van der Waals surface area (Å²) in [5, 5.41) is 2.67. The Balaban J connectivity index is 2.52. The Labute approximate surface area is 89.2 Å². The summed E-state index contributed by atoms with van der Waals surface area (Å²) in [6.07, 6.45) is -0.00595. The first-order chi connectivity index (χ1) is 7.09. The van der Waals surface area contributed by atoms with Crippen molar-refractivity contribution in [3.05, 3.63) is 30.3 Å². The zero-order chi connectivity index (χ0) is 11.3. The highest BCUT2D eigenvalue weighted by Gasteiger charge is 2.23. The van der Waals surface area contributed by atoms with Gasteiger partial charge in [-0.05, 0) is 23.6 Å². The highest BCUT2D eigenvalue weighted by Crippen LogP contribution is 2.19. The molecule has 2 atom stereocenters. The topological polar surface area (TPSA) is 66.4 Å². The number of nitrogens with one attached hydrogen (secondary N) is 1. The van der Waals surface area contributed by atoms with Crippen molar-refractivity contribution in [3.8, 4) is 0 Å². The van der Waals surface area contributed by atoms with Gasteiger partial charge in [-0.25, -0.2) is 0 Å². The van der Waals surface area contributed by atoms with Gasteiger partial charge in [0.1, 0.15) is 0 Å². The number of hydrogen-bond donors (Lipinski definition) is 2. The van der Waals surface area contributed by atoms with Crippen LogP contribution >= 0.6 is 8.03 Å². The predicted molar refractivity (Wildman–Crippen MR) is 58.9 cm³/mol. The van der Waals surface area contributed by atoms with E-state index in [1.54, 1.807) is 19.1 Å². The first-order valence-corrected chi connectivity index (χ1v) is 5.99. The van der Waals surface area contributed by atoms with Gasteiger partial charge in [0.25, 0.3) is 0 Å². The number of para-hydroxylation sites is 1. The van der Waals surface area contributed by atoms with Crippen LogP contribution in [0.3, 0.4) is 0 Å². The van der Waals surface area contributed by atoms with Crippen molar-refractivity contribution in [2.45, 2.75) is 6.92 Å². The SMILES string of the molecule is CC(C[P+](=O)O)C(=O)Nc1ccccc1. The van der Waals surface area contributed by atoms with Gasteiger partial charge >= 0.3 is 8.03 Å². The van der Waals surface area contributed by atoms with Crippen LogP contribution in [0.25, 0.3) is 0 Å². The van der Waals surface area contributed by atoms with E-state index in [0.29, 0.717) is 5.69 Å². The minimum Gasteiger partial charge on any atom is -0.326 e. The molecule has 0 saturated heterocycles. The summed E-state index contributed by atoms with van der Waals surface area (Å²) >= 11 is 0. The van der Waals surface area contributed by atoms with E-state index in [9.17, 15) is 9.36 Å². The molecule has 0 spiro atoms. The number of benzene rings is 1. The van der Waals surface area contributed by atoms with Gasteiger partial charge in [-0.3, -0.25) is 4.79 Å². The van der Waals surface area contributed by atoms with Gasteiger partial charge in [0, 0.05) is 5.69 Å². The number of carbonyl (C=O) groups is 1. The summed E-state index contributed by atoms with van der Waals surface area (Å²) in [6, 6.07) is 9.01. The summed E-state index contributed by atoms with van der Waals surface area (Å²) in [7, 11) is -2.26. The van der Waals surface area contributed by atoms with Crippen molar-refractivity contribution in [3.63, 3.8) is 0 Å². The van der Waals surface area contributed by atoms with Gasteiger partial charge in [-0.1, -0.05) is 18.2 Å². The molecule has 1 amide bonds. The maximum atomic E-state index is 11.5. The lowest BCUT2D eigenvalue weighted by Crippen LogP contribution is -2.21. The second-order valence-corrected chi connectivity index (χ2v) is 4.36. The van der Waals surface area contributed by atoms with Crippen molar-refractivity contribution >= 4 is 19.6 Å². The van der Waals surface area contributed by atoms with E-state index >= 15 is 0 Å². The zero-order valence-corrected chi connectivity index (χ0v) is 9.28. The fourth-order valence-electron chi connectivity index (χ4n) is 1.10. The van der Waals surface area contributed by atoms with E-state index in [2.05, 4.69) is 5.32 Å². The maximum Gasteiger partial charge on any atom is 0.506 e. The molecule has 4 nitrogen and oxygen atoms in total. The molecule has 2 N–H and O–H groups in total. The number of amides is 1. The van der Waals surface area contributed by atoms with E-state index in [4.69, 9.17) is 4.89 Å². The molecule has 0 aliphatic carbocycles. The molecule has 1 aromatic rings. The Morgan fingerprint density at radius 2 is 2.07 bits per heavy atom. The van der Waals surface area contributed by atoms with Crippen LogP contribution in [0.15, 0.2) is 30.3 Å². The second kappa shape index (κ2) is 5.59. The van der Waals surface area contributed by atoms with Gasteiger partial charge in [-0.2, -0.15) is 4.89 Å². The van der Waals surface area contributed by atoms with Gasteiger partial charge in [0.05, 0.1) is 5.92 Å². The Kier molecular flexibility index (Phi) is 4.40. The monoisotopic (exact) mass is 226 g/mol. The van der Waals surface area contributed by atoms with E-state index < -0.39 is 13.9 Å². The normalized spacial score (nSPS) is 13.1. The minimum absolute atomic E-state index is 0.00595. The number of rotatable bonds is 4. The first-order valence-electron chi connectivity index (χ1n) is 4.59. The lowest BCUT2D eigenvalue weighted by molar-refractivity contribution is -0.118. The quantitative estimate of drug-likeness (QED) is 0.771. The average molecular weight is 226 g/mol. The summed E-state index contributed by atoms with van der Waals surface area (Å²) in [5.74, 6) is -0.697. The van der Waals surface area contributed by atoms with Crippen LogP contribution in [0, 0.1) is 5.92 Å². The zero-order valence-electron chi connectivity index (χ0n) is 8.38. The molecule has 0 heterocycles. The Morgan fingerprint density at radius 3 is 2.60 bits per heavy atom. The number of hydrogen-bond acceptors (Lipinski definition) is 2. The molecule has 5 heteroatoms. The highest BCUT2D eigenvalue weighted by atomic mass is 31.1. The number of carbonyl (C=O) groups excluding carboxylic acids is 1. The lowest BCUT2D eigenvalue weighted by atomic mass is 10.2.